The van der Waals surface area contributed by atoms with Crippen molar-refractivity contribution < 1.29 is 9.53 Å². The van der Waals surface area contributed by atoms with E-state index in [9.17, 15) is 4.79 Å². The summed E-state index contributed by atoms with van der Waals surface area (Å²) in [7, 11) is 0. The van der Waals surface area contributed by atoms with Crippen molar-refractivity contribution in [3.8, 4) is 0 Å². The number of carbonyl (C=O) groups excluding carboxylic acids is 1. The third kappa shape index (κ3) is 3.14. The van der Waals surface area contributed by atoms with Crippen LogP contribution in [0.15, 0.2) is 47.1 Å². The summed E-state index contributed by atoms with van der Waals surface area (Å²) >= 11 is 1.55. The Morgan fingerprint density at radius 2 is 2.12 bits per heavy atom. The SMILES string of the molecule is O=C(CSc1ccccc1)C1=CCCCO1. The van der Waals surface area contributed by atoms with Crippen molar-refractivity contribution in [2.45, 2.75) is 17.7 Å². The Morgan fingerprint density at radius 1 is 1.31 bits per heavy atom. The highest BCUT2D eigenvalue weighted by Gasteiger charge is 2.13. The van der Waals surface area contributed by atoms with Gasteiger partial charge in [0, 0.05) is 4.90 Å². The van der Waals surface area contributed by atoms with Crippen molar-refractivity contribution in [1.82, 2.24) is 0 Å². The van der Waals surface area contributed by atoms with Gasteiger partial charge in [0.25, 0.3) is 0 Å². The number of Topliss-reactive ketones (excluding diaryl/α,β-unsaturated/α-hetero) is 1. The average molecular weight is 234 g/mol. The summed E-state index contributed by atoms with van der Waals surface area (Å²) in [5.74, 6) is 1.10. The Bertz CT molecular complexity index is 384. The lowest BCUT2D eigenvalue weighted by molar-refractivity contribution is -0.116. The highest BCUT2D eigenvalue weighted by Crippen LogP contribution is 2.19. The van der Waals surface area contributed by atoms with Crippen molar-refractivity contribution in [2.24, 2.45) is 0 Å². The molecular weight excluding hydrogens is 220 g/mol. The Kier molecular flexibility index (Phi) is 4.05. The molecule has 0 bridgehead atoms. The molecular formula is C13H14O2S. The Labute approximate surface area is 99.7 Å². The van der Waals surface area contributed by atoms with Gasteiger partial charge in [-0.2, -0.15) is 0 Å². The van der Waals surface area contributed by atoms with Crippen LogP contribution in [0.3, 0.4) is 0 Å². The normalized spacial score (nSPS) is 15.1. The largest absolute Gasteiger partial charge is 0.490 e. The number of thioether (sulfide) groups is 1. The van der Waals surface area contributed by atoms with Crippen LogP contribution in [0.25, 0.3) is 0 Å². The highest BCUT2D eigenvalue weighted by atomic mass is 32.2. The van der Waals surface area contributed by atoms with E-state index >= 15 is 0 Å². The molecule has 0 N–H and O–H groups in total. The molecule has 0 atom stereocenters. The molecule has 0 aliphatic carbocycles. The lowest BCUT2D eigenvalue weighted by Gasteiger charge is -2.13. The lowest BCUT2D eigenvalue weighted by atomic mass is 10.2. The van der Waals surface area contributed by atoms with E-state index in [-0.39, 0.29) is 5.78 Å². The summed E-state index contributed by atoms with van der Waals surface area (Å²) < 4.78 is 5.33. The second kappa shape index (κ2) is 5.75. The molecule has 1 aromatic carbocycles. The van der Waals surface area contributed by atoms with Gasteiger partial charge in [-0.1, -0.05) is 18.2 Å². The molecule has 0 saturated carbocycles. The second-order valence-electron chi connectivity index (χ2n) is 3.58. The quantitative estimate of drug-likeness (QED) is 0.749. The molecule has 0 fully saturated rings. The predicted octanol–water partition coefficient (Wildman–Crippen LogP) is 3.04. The van der Waals surface area contributed by atoms with Crippen LogP contribution in [0.2, 0.25) is 0 Å². The zero-order valence-electron chi connectivity index (χ0n) is 9.02. The Balaban J connectivity index is 1.86. The van der Waals surface area contributed by atoms with E-state index in [1.807, 2.05) is 36.4 Å². The van der Waals surface area contributed by atoms with Crippen LogP contribution in [-0.4, -0.2) is 18.1 Å². The number of benzene rings is 1. The van der Waals surface area contributed by atoms with E-state index in [0.717, 1.165) is 17.7 Å². The molecule has 0 radical (unpaired) electrons. The van der Waals surface area contributed by atoms with Gasteiger partial charge in [0.2, 0.25) is 5.78 Å². The van der Waals surface area contributed by atoms with Crippen molar-refractivity contribution in [3.05, 3.63) is 42.2 Å². The molecule has 1 aromatic rings. The third-order valence-electron chi connectivity index (χ3n) is 2.32. The number of rotatable bonds is 4. The summed E-state index contributed by atoms with van der Waals surface area (Å²) in [4.78, 5) is 12.9. The maximum atomic E-state index is 11.8. The van der Waals surface area contributed by atoms with Crippen LogP contribution in [0.4, 0.5) is 0 Å². The first-order valence-corrected chi connectivity index (χ1v) is 6.39. The van der Waals surface area contributed by atoms with E-state index in [1.165, 1.54) is 0 Å². The first kappa shape index (κ1) is 11.3. The summed E-state index contributed by atoms with van der Waals surface area (Å²) in [6.07, 6.45) is 3.87. The third-order valence-corrected chi connectivity index (χ3v) is 3.34. The molecule has 0 aromatic heterocycles. The van der Waals surface area contributed by atoms with Gasteiger partial charge < -0.3 is 4.74 Å². The molecule has 16 heavy (non-hydrogen) atoms. The molecule has 1 heterocycles. The monoisotopic (exact) mass is 234 g/mol. The topological polar surface area (TPSA) is 26.3 Å². The fourth-order valence-electron chi connectivity index (χ4n) is 1.49. The van der Waals surface area contributed by atoms with Crippen molar-refractivity contribution in [2.75, 3.05) is 12.4 Å². The van der Waals surface area contributed by atoms with E-state index in [1.54, 1.807) is 11.8 Å². The van der Waals surface area contributed by atoms with Gasteiger partial charge >= 0.3 is 0 Å². The Hall–Kier alpha value is -1.22. The van der Waals surface area contributed by atoms with Crippen molar-refractivity contribution >= 4 is 17.5 Å². The van der Waals surface area contributed by atoms with Gasteiger partial charge in [0.15, 0.2) is 5.76 Å². The molecule has 2 rings (SSSR count). The number of hydrogen-bond acceptors (Lipinski definition) is 3. The van der Waals surface area contributed by atoms with E-state index in [4.69, 9.17) is 4.74 Å². The van der Waals surface area contributed by atoms with Crippen molar-refractivity contribution in [1.29, 1.82) is 0 Å². The van der Waals surface area contributed by atoms with Crippen LogP contribution in [0.5, 0.6) is 0 Å². The van der Waals surface area contributed by atoms with Gasteiger partial charge in [-0.3, -0.25) is 4.79 Å². The van der Waals surface area contributed by atoms with Gasteiger partial charge in [-0.15, -0.1) is 11.8 Å². The first-order valence-electron chi connectivity index (χ1n) is 5.40. The van der Waals surface area contributed by atoms with E-state index in [0.29, 0.717) is 18.1 Å². The molecule has 1 aliphatic rings. The molecule has 3 heteroatoms. The molecule has 84 valence electrons. The van der Waals surface area contributed by atoms with Crippen LogP contribution < -0.4 is 0 Å². The van der Waals surface area contributed by atoms with Crippen LogP contribution in [-0.2, 0) is 9.53 Å². The zero-order chi connectivity index (χ0) is 11.2. The van der Waals surface area contributed by atoms with Gasteiger partial charge in [-0.05, 0) is 31.1 Å². The molecule has 0 saturated heterocycles. The minimum absolute atomic E-state index is 0.0913. The number of ketones is 1. The minimum Gasteiger partial charge on any atom is -0.490 e. The summed E-state index contributed by atoms with van der Waals surface area (Å²) in [6, 6.07) is 9.94. The van der Waals surface area contributed by atoms with Crippen molar-refractivity contribution in [3.63, 3.8) is 0 Å². The van der Waals surface area contributed by atoms with E-state index in [2.05, 4.69) is 0 Å². The zero-order valence-corrected chi connectivity index (χ0v) is 9.83. The summed E-state index contributed by atoms with van der Waals surface area (Å²) in [5.41, 5.74) is 0. The maximum absolute atomic E-state index is 11.8. The lowest BCUT2D eigenvalue weighted by Crippen LogP contribution is -2.12. The molecule has 0 unspecified atom stereocenters. The molecule has 2 nitrogen and oxygen atoms in total. The highest BCUT2D eigenvalue weighted by molar-refractivity contribution is 8.00. The fraction of sp³-hybridized carbons (Fsp3) is 0.308. The van der Waals surface area contributed by atoms with Gasteiger partial charge in [0.1, 0.15) is 0 Å². The van der Waals surface area contributed by atoms with E-state index < -0.39 is 0 Å². The Morgan fingerprint density at radius 3 is 2.81 bits per heavy atom. The summed E-state index contributed by atoms with van der Waals surface area (Å²) in [6.45, 7) is 0.674. The number of carbonyl (C=O) groups is 1. The van der Waals surface area contributed by atoms with Crippen LogP contribution >= 0.6 is 11.8 Å². The molecule has 1 aliphatic heterocycles. The molecule has 0 amide bonds. The predicted molar refractivity (Wildman–Crippen MR) is 65.4 cm³/mol. The molecule has 0 spiro atoms. The average Bonchev–Trinajstić information content (AvgIpc) is 2.38. The maximum Gasteiger partial charge on any atom is 0.207 e. The summed E-state index contributed by atoms with van der Waals surface area (Å²) in [5, 5.41) is 0. The number of allylic oxidation sites excluding steroid dienone is 2. The van der Waals surface area contributed by atoms with Gasteiger partial charge in [-0.25, -0.2) is 0 Å². The van der Waals surface area contributed by atoms with Crippen LogP contribution in [0.1, 0.15) is 12.8 Å². The smallest absolute Gasteiger partial charge is 0.207 e. The fourth-order valence-corrected chi connectivity index (χ4v) is 2.28. The minimum atomic E-state index is 0.0913. The second-order valence-corrected chi connectivity index (χ2v) is 4.63. The standard InChI is InChI=1S/C13H14O2S/c14-12(13-8-4-5-9-15-13)10-16-11-6-2-1-3-7-11/h1-3,6-8H,4-5,9-10H2. The number of hydrogen-bond donors (Lipinski definition) is 0. The number of ether oxygens (including phenoxy) is 1. The first-order chi connectivity index (χ1) is 7.86. The van der Waals surface area contributed by atoms with Crippen LogP contribution in [0, 0.1) is 0 Å². The van der Waals surface area contributed by atoms with Gasteiger partial charge in [0.05, 0.1) is 12.4 Å².